The summed E-state index contributed by atoms with van der Waals surface area (Å²) >= 11 is 2.48. The second kappa shape index (κ2) is 5.14. The molecule has 0 aliphatic heterocycles. The van der Waals surface area contributed by atoms with E-state index in [1.807, 2.05) is 12.1 Å². The standard InChI is InChI=1S/C14H8N4O3S2/c19-10(16-13-15-5-6-22-13)9-11(20)17-14-18(12(9)21)7-3-1-2-4-8(7)23-14/h1-6,20H,(H,15,16,19). The second-order valence-electron chi connectivity index (χ2n) is 4.59. The zero-order chi connectivity index (χ0) is 16.0. The molecule has 0 atom stereocenters. The van der Waals surface area contributed by atoms with E-state index in [4.69, 9.17) is 0 Å². The van der Waals surface area contributed by atoms with Crippen molar-refractivity contribution in [2.45, 2.75) is 0 Å². The van der Waals surface area contributed by atoms with Gasteiger partial charge >= 0.3 is 0 Å². The number of thiazole rings is 2. The van der Waals surface area contributed by atoms with Gasteiger partial charge in [-0.15, -0.1) is 11.3 Å². The van der Waals surface area contributed by atoms with Crippen molar-refractivity contribution in [1.29, 1.82) is 0 Å². The molecule has 0 aliphatic carbocycles. The second-order valence-corrected chi connectivity index (χ2v) is 6.50. The predicted octanol–water partition coefficient (Wildman–Crippen LogP) is 2.32. The van der Waals surface area contributed by atoms with Crippen LogP contribution in [-0.2, 0) is 0 Å². The molecule has 0 radical (unpaired) electrons. The topological polar surface area (TPSA) is 96.6 Å². The van der Waals surface area contributed by atoms with Crippen molar-refractivity contribution >= 4 is 48.9 Å². The average Bonchev–Trinajstić information content (AvgIpc) is 3.13. The van der Waals surface area contributed by atoms with Gasteiger partial charge in [-0.25, -0.2) is 4.98 Å². The Kier molecular flexibility index (Phi) is 3.10. The van der Waals surface area contributed by atoms with Crippen molar-refractivity contribution in [3.8, 4) is 5.88 Å². The molecule has 4 rings (SSSR count). The van der Waals surface area contributed by atoms with Gasteiger partial charge in [-0.3, -0.25) is 19.3 Å². The van der Waals surface area contributed by atoms with E-state index in [9.17, 15) is 14.7 Å². The largest absolute Gasteiger partial charge is 0.492 e. The summed E-state index contributed by atoms with van der Waals surface area (Å²) in [6.45, 7) is 0. The van der Waals surface area contributed by atoms with Gasteiger partial charge in [0.05, 0.1) is 10.2 Å². The number of nitrogens with one attached hydrogen (secondary N) is 1. The third kappa shape index (κ3) is 2.17. The number of benzene rings is 1. The number of hydrogen-bond acceptors (Lipinski definition) is 7. The molecule has 0 fully saturated rings. The van der Waals surface area contributed by atoms with Crippen LogP contribution >= 0.6 is 22.7 Å². The minimum Gasteiger partial charge on any atom is -0.492 e. The summed E-state index contributed by atoms with van der Waals surface area (Å²) in [5.41, 5.74) is -0.367. The molecule has 23 heavy (non-hydrogen) atoms. The zero-order valence-corrected chi connectivity index (χ0v) is 13.0. The maximum atomic E-state index is 12.7. The van der Waals surface area contributed by atoms with Gasteiger partial charge < -0.3 is 5.11 Å². The maximum absolute atomic E-state index is 12.7. The molecule has 0 saturated heterocycles. The molecule has 4 aromatic rings. The maximum Gasteiger partial charge on any atom is 0.275 e. The van der Waals surface area contributed by atoms with Gasteiger partial charge in [0.25, 0.3) is 11.5 Å². The van der Waals surface area contributed by atoms with Crippen LogP contribution in [0.2, 0.25) is 0 Å². The van der Waals surface area contributed by atoms with Gasteiger partial charge in [0.2, 0.25) is 10.8 Å². The molecule has 0 unspecified atom stereocenters. The number of para-hydroxylation sites is 1. The molecule has 2 N–H and O–H groups in total. The van der Waals surface area contributed by atoms with Crippen LogP contribution in [0.3, 0.4) is 0 Å². The zero-order valence-electron chi connectivity index (χ0n) is 11.4. The van der Waals surface area contributed by atoms with Crippen molar-refractivity contribution < 1.29 is 9.90 Å². The Labute approximate surface area is 136 Å². The van der Waals surface area contributed by atoms with Crippen LogP contribution in [0.25, 0.3) is 15.2 Å². The van der Waals surface area contributed by atoms with Crippen LogP contribution < -0.4 is 10.9 Å². The highest BCUT2D eigenvalue weighted by molar-refractivity contribution is 7.23. The lowest BCUT2D eigenvalue weighted by Gasteiger charge is -2.04. The van der Waals surface area contributed by atoms with Crippen molar-refractivity contribution in [3.05, 3.63) is 51.8 Å². The fourth-order valence-corrected chi connectivity index (χ4v) is 3.78. The Balaban J connectivity index is 1.94. The summed E-state index contributed by atoms with van der Waals surface area (Å²) in [4.78, 5) is 33.2. The van der Waals surface area contributed by atoms with Gasteiger partial charge in [-0.1, -0.05) is 23.5 Å². The predicted molar refractivity (Wildman–Crippen MR) is 88.6 cm³/mol. The Bertz CT molecular complexity index is 1100. The molecule has 114 valence electrons. The van der Waals surface area contributed by atoms with E-state index < -0.39 is 22.9 Å². The van der Waals surface area contributed by atoms with Crippen molar-refractivity contribution in [3.63, 3.8) is 0 Å². The molecular formula is C14H8N4O3S2. The number of anilines is 1. The van der Waals surface area contributed by atoms with Crippen molar-refractivity contribution in [1.82, 2.24) is 14.4 Å². The lowest BCUT2D eigenvalue weighted by molar-refractivity contribution is 0.102. The van der Waals surface area contributed by atoms with Gasteiger partial charge in [-0.2, -0.15) is 4.98 Å². The minimum absolute atomic E-state index is 0.333. The molecule has 0 bridgehead atoms. The first-order valence-electron chi connectivity index (χ1n) is 6.49. The van der Waals surface area contributed by atoms with Crippen LogP contribution in [0, 0.1) is 0 Å². The summed E-state index contributed by atoms with van der Waals surface area (Å²) in [6, 6.07) is 7.25. The number of rotatable bonds is 2. The summed E-state index contributed by atoms with van der Waals surface area (Å²) in [6.07, 6.45) is 1.53. The average molecular weight is 344 g/mol. The molecule has 3 aromatic heterocycles. The van der Waals surface area contributed by atoms with Gasteiger partial charge in [0.1, 0.15) is 0 Å². The fraction of sp³-hybridized carbons (Fsp3) is 0. The Hall–Kier alpha value is -2.78. The quantitative estimate of drug-likeness (QED) is 0.582. The van der Waals surface area contributed by atoms with Crippen LogP contribution in [-0.4, -0.2) is 25.4 Å². The van der Waals surface area contributed by atoms with Crippen molar-refractivity contribution in [2.75, 3.05) is 5.32 Å². The highest BCUT2D eigenvalue weighted by Gasteiger charge is 2.22. The normalized spacial score (nSPS) is 11.1. The summed E-state index contributed by atoms with van der Waals surface area (Å²) in [7, 11) is 0. The number of carbonyl (C=O) groups excluding carboxylic acids is 1. The monoisotopic (exact) mass is 344 g/mol. The Morgan fingerprint density at radius 1 is 1.30 bits per heavy atom. The van der Waals surface area contributed by atoms with Gasteiger partial charge in [0, 0.05) is 11.6 Å². The number of fused-ring (bicyclic) bond motifs is 3. The van der Waals surface area contributed by atoms with E-state index in [1.54, 1.807) is 17.5 Å². The first kappa shape index (κ1) is 13.9. The third-order valence-corrected chi connectivity index (χ3v) is 4.93. The minimum atomic E-state index is -0.736. The molecule has 0 aliphatic rings. The first-order chi connectivity index (χ1) is 11.1. The lowest BCUT2D eigenvalue weighted by atomic mass is 10.3. The number of carbonyl (C=O) groups is 1. The van der Waals surface area contributed by atoms with Crippen LogP contribution in [0.4, 0.5) is 5.13 Å². The fourth-order valence-electron chi connectivity index (χ4n) is 2.24. The Morgan fingerprint density at radius 2 is 2.13 bits per heavy atom. The van der Waals surface area contributed by atoms with Crippen LogP contribution in [0.1, 0.15) is 10.4 Å². The molecule has 3 heterocycles. The summed E-state index contributed by atoms with van der Waals surface area (Å²) < 4.78 is 2.17. The number of hydrogen-bond donors (Lipinski definition) is 2. The molecule has 9 heteroatoms. The summed E-state index contributed by atoms with van der Waals surface area (Å²) in [5, 5.41) is 14.5. The number of nitrogens with zero attached hydrogens (tertiary/aromatic N) is 3. The third-order valence-electron chi connectivity index (χ3n) is 3.22. The van der Waals surface area contributed by atoms with Gasteiger partial charge in [0.15, 0.2) is 10.7 Å². The van der Waals surface area contributed by atoms with Crippen LogP contribution in [0.5, 0.6) is 5.88 Å². The lowest BCUT2D eigenvalue weighted by Crippen LogP contribution is -2.26. The number of amides is 1. The van der Waals surface area contributed by atoms with Gasteiger partial charge in [-0.05, 0) is 12.1 Å². The van der Waals surface area contributed by atoms with E-state index in [2.05, 4.69) is 15.3 Å². The molecule has 0 saturated carbocycles. The first-order valence-corrected chi connectivity index (χ1v) is 8.19. The number of aromatic hydroxyl groups is 1. The smallest absolute Gasteiger partial charge is 0.275 e. The van der Waals surface area contributed by atoms with Crippen LogP contribution in [0.15, 0.2) is 40.6 Å². The SMILES string of the molecule is O=C(Nc1nccs1)c1c(O)nc2sc3ccccc3n2c1=O. The van der Waals surface area contributed by atoms with E-state index in [1.165, 1.54) is 33.3 Å². The molecular weight excluding hydrogens is 336 g/mol. The van der Waals surface area contributed by atoms with E-state index in [0.717, 1.165) is 4.70 Å². The van der Waals surface area contributed by atoms with E-state index in [-0.39, 0.29) is 0 Å². The highest BCUT2D eigenvalue weighted by Crippen LogP contribution is 2.26. The Morgan fingerprint density at radius 3 is 2.91 bits per heavy atom. The summed E-state index contributed by atoms with van der Waals surface area (Å²) in [5.74, 6) is -1.32. The number of aromatic nitrogens is 3. The molecule has 1 amide bonds. The van der Waals surface area contributed by atoms with Crippen molar-refractivity contribution in [2.24, 2.45) is 0 Å². The molecule has 0 spiro atoms. The molecule has 1 aromatic carbocycles. The van der Waals surface area contributed by atoms with E-state index >= 15 is 0 Å². The van der Waals surface area contributed by atoms with E-state index in [0.29, 0.717) is 15.6 Å². The highest BCUT2D eigenvalue weighted by atomic mass is 32.1. The molecule has 7 nitrogen and oxygen atoms in total.